The predicted molar refractivity (Wildman–Crippen MR) is 124 cm³/mol. The number of nitrogens with one attached hydrogen (secondary N) is 1. The molecule has 0 aliphatic heterocycles. The Bertz CT molecular complexity index is 1240. The molecule has 0 aliphatic rings. The Kier molecular flexibility index (Phi) is 6.22. The zero-order chi connectivity index (χ0) is 21.1. The molecular weight excluding hydrogens is 486 g/mol. The quantitative estimate of drug-likeness (QED) is 0.220. The van der Waals surface area contributed by atoms with Gasteiger partial charge in [-0.2, -0.15) is 0 Å². The van der Waals surface area contributed by atoms with Crippen molar-refractivity contribution >= 4 is 61.8 Å². The van der Waals surface area contributed by atoms with Gasteiger partial charge in [0.25, 0.3) is 5.91 Å². The Labute approximate surface area is 190 Å². The van der Waals surface area contributed by atoms with Gasteiger partial charge in [0.05, 0.1) is 5.52 Å². The molecule has 0 spiro atoms. The molecule has 1 aromatic heterocycles. The van der Waals surface area contributed by atoms with Crippen LogP contribution in [0.3, 0.4) is 0 Å². The van der Waals surface area contributed by atoms with Crippen molar-refractivity contribution in [1.29, 1.82) is 0 Å². The first-order valence-electron chi connectivity index (χ1n) is 8.93. The molecule has 0 fully saturated rings. The lowest BCUT2D eigenvalue weighted by Gasteiger charge is -2.03. The molecule has 8 heteroatoms. The summed E-state index contributed by atoms with van der Waals surface area (Å²) in [5.74, 6) is 0.167. The van der Waals surface area contributed by atoms with Gasteiger partial charge in [-0.3, -0.25) is 4.79 Å². The van der Waals surface area contributed by atoms with E-state index in [4.69, 9.17) is 11.6 Å². The molecular formula is C22H15BrClN3O2S. The molecule has 0 atom stereocenters. The molecule has 4 aromatic rings. The molecule has 1 amide bonds. The maximum absolute atomic E-state index is 12.4. The molecule has 1 heterocycles. The van der Waals surface area contributed by atoms with Crippen molar-refractivity contribution in [2.45, 2.75) is 10.6 Å². The summed E-state index contributed by atoms with van der Waals surface area (Å²) in [4.78, 5) is 16.3. The van der Waals surface area contributed by atoms with Crippen LogP contribution in [-0.4, -0.2) is 16.0 Å². The average Bonchev–Trinajstić information content (AvgIpc) is 3.06. The number of aromatic nitrogens is 1. The number of aromatic hydroxyl groups is 1. The van der Waals surface area contributed by atoms with Crippen molar-refractivity contribution in [3.8, 4) is 5.88 Å². The SMILES string of the molecule is O=C(N=Nc1c(O)[nH]c2ccc(Br)cc12)c1ccc(CSc2ccc(Cl)cc2)cc1. The van der Waals surface area contributed by atoms with Crippen molar-refractivity contribution in [2.24, 2.45) is 10.2 Å². The average molecular weight is 501 g/mol. The van der Waals surface area contributed by atoms with Gasteiger partial charge in [0.15, 0.2) is 5.69 Å². The molecule has 5 nitrogen and oxygen atoms in total. The second-order valence-corrected chi connectivity index (χ2v) is 8.86. The van der Waals surface area contributed by atoms with Crippen molar-refractivity contribution in [3.63, 3.8) is 0 Å². The summed E-state index contributed by atoms with van der Waals surface area (Å²) in [5.41, 5.74) is 2.46. The van der Waals surface area contributed by atoms with Gasteiger partial charge in [0.1, 0.15) is 0 Å². The van der Waals surface area contributed by atoms with E-state index in [1.54, 1.807) is 36.0 Å². The highest BCUT2D eigenvalue weighted by Gasteiger charge is 2.12. The number of fused-ring (bicyclic) bond motifs is 1. The van der Waals surface area contributed by atoms with E-state index in [-0.39, 0.29) is 11.6 Å². The molecule has 0 saturated heterocycles. The van der Waals surface area contributed by atoms with Gasteiger partial charge in [-0.05, 0) is 60.2 Å². The molecule has 150 valence electrons. The fourth-order valence-electron chi connectivity index (χ4n) is 2.83. The van der Waals surface area contributed by atoms with Crippen LogP contribution in [0.5, 0.6) is 5.88 Å². The van der Waals surface area contributed by atoms with Gasteiger partial charge in [0.2, 0.25) is 5.88 Å². The topological polar surface area (TPSA) is 77.8 Å². The lowest BCUT2D eigenvalue weighted by molar-refractivity contribution is 0.0995. The van der Waals surface area contributed by atoms with E-state index in [1.807, 2.05) is 42.5 Å². The first kappa shape index (κ1) is 20.7. The molecule has 0 unspecified atom stereocenters. The van der Waals surface area contributed by atoms with Gasteiger partial charge >= 0.3 is 0 Å². The molecule has 0 radical (unpaired) electrons. The van der Waals surface area contributed by atoms with Crippen LogP contribution < -0.4 is 0 Å². The number of amides is 1. The van der Waals surface area contributed by atoms with Crippen LogP contribution in [-0.2, 0) is 5.75 Å². The van der Waals surface area contributed by atoms with Crippen molar-refractivity contribution < 1.29 is 9.90 Å². The van der Waals surface area contributed by atoms with E-state index in [2.05, 4.69) is 31.1 Å². The number of aromatic amines is 1. The van der Waals surface area contributed by atoms with Gasteiger partial charge < -0.3 is 10.1 Å². The zero-order valence-corrected chi connectivity index (χ0v) is 18.6. The first-order chi connectivity index (χ1) is 14.5. The second kappa shape index (κ2) is 9.04. The third-order valence-electron chi connectivity index (χ3n) is 4.37. The van der Waals surface area contributed by atoms with E-state index in [0.29, 0.717) is 21.5 Å². The number of carbonyl (C=O) groups excluding carboxylic acids is 1. The van der Waals surface area contributed by atoms with Crippen LogP contribution in [0.2, 0.25) is 5.02 Å². The molecule has 0 bridgehead atoms. The molecule has 0 saturated carbocycles. The molecule has 30 heavy (non-hydrogen) atoms. The van der Waals surface area contributed by atoms with Crippen molar-refractivity contribution in [3.05, 3.63) is 87.4 Å². The van der Waals surface area contributed by atoms with E-state index in [1.165, 1.54) is 0 Å². The van der Waals surface area contributed by atoms with Gasteiger partial charge in [-0.25, -0.2) is 0 Å². The number of azo groups is 1. The van der Waals surface area contributed by atoms with Gasteiger partial charge in [0, 0.05) is 31.1 Å². The van der Waals surface area contributed by atoms with Crippen LogP contribution in [0.15, 0.2) is 86.3 Å². The molecule has 0 aliphatic carbocycles. The van der Waals surface area contributed by atoms with Crippen LogP contribution >= 0.6 is 39.3 Å². The van der Waals surface area contributed by atoms with Crippen LogP contribution in [0.25, 0.3) is 10.9 Å². The van der Waals surface area contributed by atoms with Gasteiger partial charge in [-0.1, -0.05) is 39.7 Å². The minimum Gasteiger partial charge on any atom is -0.493 e. The van der Waals surface area contributed by atoms with Crippen LogP contribution in [0.4, 0.5) is 5.69 Å². The largest absolute Gasteiger partial charge is 0.493 e. The minimum atomic E-state index is -0.476. The number of nitrogens with zero attached hydrogens (tertiary/aromatic N) is 2. The number of hydrogen-bond donors (Lipinski definition) is 2. The normalized spacial score (nSPS) is 11.4. The summed E-state index contributed by atoms with van der Waals surface area (Å²) >= 11 is 11.0. The summed E-state index contributed by atoms with van der Waals surface area (Å²) < 4.78 is 0.837. The highest BCUT2D eigenvalue weighted by atomic mass is 79.9. The number of carbonyl (C=O) groups is 1. The lowest BCUT2D eigenvalue weighted by atomic mass is 10.1. The molecule has 3 aromatic carbocycles. The second-order valence-electron chi connectivity index (χ2n) is 6.46. The molecule has 4 rings (SSSR count). The number of thioether (sulfide) groups is 1. The number of hydrogen-bond acceptors (Lipinski definition) is 4. The molecule has 2 N–H and O–H groups in total. The smallest absolute Gasteiger partial charge is 0.295 e. The van der Waals surface area contributed by atoms with Crippen molar-refractivity contribution in [1.82, 2.24) is 4.98 Å². The van der Waals surface area contributed by atoms with E-state index in [0.717, 1.165) is 20.7 Å². The third-order valence-corrected chi connectivity index (χ3v) is 6.20. The van der Waals surface area contributed by atoms with E-state index in [9.17, 15) is 9.90 Å². The van der Waals surface area contributed by atoms with Crippen LogP contribution in [0.1, 0.15) is 15.9 Å². The number of benzene rings is 3. The predicted octanol–water partition coefficient (Wildman–Crippen LogP) is 7.51. The Balaban J connectivity index is 1.44. The summed E-state index contributed by atoms with van der Waals surface area (Å²) in [5, 5.41) is 19.2. The summed E-state index contributed by atoms with van der Waals surface area (Å²) in [6.07, 6.45) is 0. The fraction of sp³-hybridized carbons (Fsp3) is 0.0455. The lowest BCUT2D eigenvalue weighted by Crippen LogP contribution is -1.94. The Morgan fingerprint density at radius 3 is 2.53 bits per heavy atom. The van der Waals surface area contributed by atoms with Crippen LogP contribution in [0, 0.1) is 0 Å². The minimum absolute atomic E-state index is 0.130. The fourth-order valence-corrected chi connectivity index (χ4v) is 4.17. The highest BCUT2D eigenvalue weighted by molar-refractivity contribution is 9.10. The highest BCUT2D eigenvalue weighted by Crippen LogP contribution is 2.37. The Morgan fingerprint density at radius 1 is 1.07 bits per heavy atom. The van der Waals surface area contributed by atoms with Crippen molar-refractivity contribution in [2.75, 3.05) is 0 Å². The Hall–Kier alpha value is -2.61. The number of halogens is 2. The van der Waals surface area contributed by atoms with E-state index >= 15 is 0 Å². The summed E-state index contributed by atoms with van der Waals surface area (Å²) in [6, 6.07) is 20.4. The van der Waals surface area contributed by atoms with Gasteiger partial charge in [-0.15, -0.1) is 22.0 Å². The zero-order valence-electron chi connectivity index (χ0n) is 15.5. The standard InChI is InChI=1S/C22H15BrClN3O2S/c23-15-5-10-19-18(11-15)20(22(29)25-19)26-27-21(28)14-3-1-13(2-4-14)12-30-17-8-6-16(24)7-9-17/h1-11,25,29H,12H2. The third kappa shape index (κ3) is 4.75. The monoisotopic (exact) mass is 499 g/mol. The Morgan fingerprint density at radius 2 is 1.80 bits per heavy atom. The van der Waals surface area contributed by atoms with E-state index < -0.39 is 5.91 Å². The number of rotatable bonds is 5. The summed E-state index contributed by atoms with van der Waals surface area (Å²) in [6.45, 7) is 0. The summed E-state index contributed by atoms with van der Waals surface area (Å²) in [7, 11) is 0. The number of H-pyrrole nitrogens is 1. The maximum Gasteiger partial charge on any atom is 0.295 e. The maximum atomic E-state index is 12.4. The first-order valence-corrected chi connectivity index (χ1v) is 11.1.